The second kappa shape index (κ2) is 11.4. The zero-order valence-electron chi connectivity index (χ0n) is 20.7. The van der Waals surface area contributed by atoms with E-state index in [1.807, 2.05) is 17.9 Å². The third-order valence-electron chi connectivity index (χ3n) is 7.48. The van der Waals surface area contributed by atoms with Crippen LogP contribution in [0.3, 0.4) is 0 Å². The number of piperazine rings is 1. The highest BCUT2D eigenvalue weighted by atomic mass is 16.5. The van der Waals surface area contributed by atoms with Gasteiger partial charge in [0.1, 0.15) is 11.6 Å². The number of hydrogen-bond donors (Lipinski definition) is 0. The number of nitrogens with zero attached hydrogens (tertiary/aromatic N) is 4. The van der Waals surface area contributed by atoms with Gasteiger partial charge in [-0.05, 0) is 45.1 Å². The van der Waals surface area contributed by atoms with Gasteiger partial charge in [0.15, 0.2) is 0 Å². The number of hydrogen-bond acceptors (Lipinski definition) is 5. The van der Waals surface area contributed by atoms with Crippen molar-refractivity contribution in [2.75, 3.05) is 52.5 Å². The Morgan fingerprint density at radius 2 is 1.77 bits per heavy atom. The Morgan fingerprint density at radius 3 is 2.23 bits per heavy atom. The first-order valence-electron chi connectivity index (χ1n) is 12.2. The zero-order valence-corrected chi connectivity index (χ0v) is 20.7. The largest absolute Gasteiger partial charge is 0.378 e. The minimum atomic E-state index is -0.331. The predicted octanol–water partition coefficient (Wildman–Crippen LogP) is 3.69. The lowest BCUT2D eigenvalue weighted by molar-refractivity contribution is -0.127. The van der Waals surface area contributed by atoms with Gasteiger partial charge >= 0.3 is 0 Å². The summed E-state index contributed by atoms with van der Waals surface area (Å²) in [6.45, 7) is 19.9. The van der Waals surface area contributed by atoms with Gasteiger partial charge in [-0.2, -0.15) is 5.26 Å². The minimum Gasteiger partial charge on any atom is -0.378 e. The van der Waals surface area contributed by atoms with Gasteiger partial charge < -0.3 is 9.64 Å². The molecule has 6 nitrogen and oxygen atoms in total. The van der Waals surface area contributed by atoms with Crippen LogP contribution in [0.15, 0.2) is 11.6 Å². The van der Waals surface area contributed by atoms with Crippen molar-refractivity contribution in [3.05, 3.63) is 11.6 Å². The molecule has 0 aromatic heterocycles. The Morgan fingerprint density at radius 1 is 1.13 bits per heavy atom. The van der Waals surface area contributed by atoms with Gasteiger partial charge in [-0.3, -0.25) is 14.6 Å². The molecule has 2 heterocycles. The van der Waals surface area contributed by atoms with E-state index >= 15 is 0 Å². The molecular weight excluding hydrogens is 388 g/mol. The lowest BCUT2D eigenvalue weighted by Gasteiger charge is -2.46. The number of amides is 1. The summed E-state index contributed by atoms with van der Waals surface area (Å²) in [5, 5.41) is 9.81. The molecule has 2 aliphatic rings. The summed E-state index contributed by atoms with van der Waals surface area (Å²) in [6.07, 6.45) is 6.31. The topological polar surface area (TPSA) is 59.8 Å². The Bertz CT molecular complexity index is 657. The highest BCUT2D eigenvalue weighted by Crippen LogP contribution is 2.32. The lowest BCUT2D eigenvalue weighted by Crippen LogP contribution is -2.59. The van der Waals surface area contributed by atoms with Crippen LogP contribution in [0.1, 0.15) is 67.2 Å². The van der Waals surface area contributed by atoms with Crippen LogP contribution in [-0.4, -0.2) is 84.7 Å². The number of carbonyl (C=O) groups is 1. The molecule has 0 aromatic carbocycles. The van der Waals surface area contributed by atoms with E-state index in [1.165, 1.54) is 6.42 Å². The van der Waals surface area contributed by atoms with Gasteiger partial charge in [0.05, 0.1) is 19.3 Å². The Kier molecular flexibility index (Phi) is 9.54. The van der Waals surface area contributed by atoms with E-state index in [0.717, 1.165) is 58.7 Å². The minimum absolute atomic E-state index is 0.127. The Labute approximate surface area is 190 Å². The molecule has 0 N–H and O–H groups in total. The first-order valence-corrected chi connectivity index (χ1v) is 12.2. The van der Waals surface area contributed by atoms with Crippen molar-refractivity contribution in [2.24, 2.45) is 5.41 Å². The molecule has 31 heavy (non-hydrogen) atoms. The lowest BCUT2D eigenvalue weighted by atomic mass is 9.80. The Balaban J connectivity index is 2.02. The molecule has 2 saturated heterocycles. The number of ether oxygens (including phenoxy) is 1. The maximum absolute atomic E-state index is 13.2. The smallest absolute Gasteiger partial charge is 0.264 e. The molecule has 1 unspecified atom stereocenters. The SMILES string of the molecule is CCCC(C)(CC)CCN(CC)C(=O)/C(C#N)=C/C(C)(C)N1CCN(C2COC2)CC1. The third kappa shape index (κ3) is 6.78. The van der Waals surface area contributed by atoms with Crippen LogP contribution in [0.5, 0.6) is 0 Å². The molecule has 2 rings (SSSR count). The van der Waals surface area contributed by atoms with Crippen molar-refractivity contribution in [1.82, 2.24) is 14.7 Å². The van der Waals surface area contributed by atoms with Gasteiger partial charge in [-0.25, -0.2) is 0 Å². The summed E-state index contributed by atoms with van der Waals surface area (Å²) in [7, 11) is 0. The van der Waals surface area contributed by atoms with E-state index in [4.69, 9.17) is 4.74 Å². The average molecular weight is 433 g/mol. The van der Waals surface area contributed by atoms with E-state index in [0.29, 0.717) is 19.1 Å². The zero-order chi connectivity index (χ0) is 23.1. The molecule has 2 fully saturated rings. The summed E-state index contributed by atoms with van der Waals surface area (Å²) < 4.78 is 5.33. The van der Waals surface area contributed by atoms with Gasteiger partial charge in [0.2, 0.25) is 0 Å². The monoisotopic (exact) mass is 432 g/mol. The molecule has 0 spiro atoms. The van der Waals surface area contributed by atoms with Crippen molar-refractivity contribution in [1.29, 1.82) is 5.26 Å². The first kappa shape index (κ1) is 25.8. The number of rotatable bonds is 11. The van der Waals surface area contributed by atoms with E-state index in [9.17, 15) is 10.1 Å². The molecule has 176 valence electrons. The fourth-order valence-corrected chi connectivity index (χ4v) is 4.74. The van der Waals surface area contributed by atoms with Crippen LogP contribution in [-0.2, 0) is 9.53 Å². The maximum atomic E-state index is 13.2. The fraction of sp³-hybridized carbons (Fsp3) is 0.840. The first-order chi connectivity index (χ1) is 14.7. The molecule has 0 aromatic rings. The van der Waals surface area contributed by atoms with Gasteiger partial charge in [0.25, 0.3) is 5.91 Å². The normalized spacial score (nSPS) is 21.3. The van der Waals surface area contributed by atoms with Crippen LogP contribution >= 0.6 is 0 Å². The molecule has 0 aliphatic carbocycles. The van der Waals surface area contributed by atoms with Gasteiger partial charge in [-0.1, -0.05) is 33.6 Å². The van der Waals surface area contributed by atoms with Crippen molar-refractivity contribution in [2.45, 2.75) is 78.8 Å². The molecule has 0 radical (unpaired) electrons. The quantitative estimate of drug-likeness (QED) is 0.368. The summed E-state index contributed by atoms with van der Waals surface area (Å²) >= 11 is 0. The predicted molar refractivity (Wildman–Crippen MR) is 126 cm³/mol. The van der Waals surface area contributed by atoms with Crippen molar-refractivity contribution >= 4 is 5.91 Å². The summed E-state index contributed by atoms with van der Waals surface area (Å²) in [6, 6.07) is 2.78. The van der Waals surface area contributed by atoms with E-state index < -0.39 is 0 Å². The van der Waals surface area contributed by atoms with Crippen LogP contribution in [0, 0.1) is 16.7 Å². The van der Waals surface area contributed by atoms with Gasteiger partial charge in [-0.15, -0.1) is 0 Å². The van der Waals surface area contributed by atoms with Crippen LogP contribution in [0.25, 0.3) is 0 Å². The van der Waals surface area contributed by atoms with Crippen molar-refractivity contribution in [3.8, 4) is 6.07 Å². The maximum Gasteiger partial charge on any atom is 0.264 e. The van der Waals surface area contributed by atoms with Gasteiger partial charge in [0, 0.05) is 44.8 Å². The molecule has 0 saturated carbocycles. The van der Waals surface area contributed by atoms with Crippen LogP contribution in [0.2, 0.25) is 0 Å². The number of likely N-dealkylation sites (N-methyl/N-ethyl adjacent to an activating group) is 1. The summed E-state index contributed by atoms with van der Waals surface area (Å²) in [5.74, 6) is -0.127. The highest BCUT2D eigenvalue weighted by Gasteiger charge is 2.34. The molecular formula is C25H44N4O2. The number of nitriles is 1. The fourth-order valence-electron chi connectivity index (χ4n) is 4.74. The summed E-state index contributed by atoms with van der Waals surface area (Å²) in [4.78, 5) is 19.9. The second-order valence-corrected chi connectivity index (χ2v) is 10.1. The molecule has 0 bridgehead atoms. The summed E-state index contributed by atoms with van der Waals surface area (Å²) in [5.41, 5.74) is 0.196. The van der Waals surface area contributed by atoms with E-state index in [2.05, 4.69) is 50.5 Å². The van der Waals surface area contributed by atoms with E-state index in [-0.39, 0.29) is 22.4 Å². The molecule has 1 atom stereocenters. The molecule has 1 amide bonds. The molecule has 2 aliphatic heterocycles. The highest BCUT2D eigenvalue weighted by molar-refractivity contribution is 5.97. The Hall–Kier alpha value is -1.42. The number of carbonyl (C=O) groups excluding carboxylic acids is 1. The third-order valence-corrected chi connectivity index (χ3v) is 7.48. The average Bonchev–Trinajstić information content (AvgIpc) is 2.71. The van der Waals surface area contributed by atoms with Crippen LogP contribution < -0.4 is 0 Å². The van der Waals surface area contributed by atoms with Crippen molar-refractivity contribution < 1.29 is 9.53 Å². The molecule has 6 heteroatoms. The van der Waals surface area contributed by atoms with E-state index in [1.54, 1.807) is 0 Å². The van der Waals surface area contributed by atoms with Crippen LogP contribution in [0.4, 0.5) is 0 Å². The van der Waals surface area contributed by atoms with Crippen molar-refractivity contribution in [3.63, 3.8) is 0 Å². The second-order valence-electron chi connectivity index (χ2n) is 10.1. The standard InChI is InChI=1S/C25H44N4O2/c1-7-10-25(6,8-2)11-12-27(9-3)23(30)21(18-26)17-24(4,5)29-15-13-28(14-16-29)22-19-31-20-22/h17,22H,7-16,19-20H2,1-6H3/b21-17+.